The zero-order chi connectivity index (χ0) is 13.6. The van der Waals surface area contributed by atoms with Gasteiger partial charge in [0.05, 0.1) is 19.8 Å². The Morgan fingerprint density at radius 1 is 1.11 bits per heavy atom. The van der Waals surface area contributed by atoms with Crippen LogP contribution in [0.2, 0.25) is 0 Å². The van der Waals surface area contributed by atoms with Crippen LogP contribution in [0, 0.1) is 6.92 Å². The normalized spacial score (nSPS) is 20.1. The molecule has 18 heavy (non-hydrogen) atoms. The summed E-state index contributed by atoms with van der Waals surface area (Å²) >= 11 is 0. The fourth-order valence-corrected chi connectivity index (χ4v) is 2.45. The van der Waals surface area contributed by atoms with E-state index in [1.165, 1.54) is 14.2 Å². The van der Waals surface area contributed by atoms with Crippen LogP contribution in [0.25, 0.3) is 0 Å². The van der Waals surface area contributed by atoms with Crippen molar-refractivity contribution in [3.05, 3.63) is 23.3 Å². The van der Waals surface area contributed by atoms with Crippen molar-refractivity contribution in [2.75, 3.05) is 14.2 Å². The summed E-state index contributed by atoms with van der Waals surface area (Å²) in [4.78, 5) is 0. The highest BCUT2D eigenvalue weighted by molar-refractivity contribution is 5.50. The van der Waals surface area contributed by atoms with Gasteiger partial charge in [-0.05, 0) is 24.6 Å². The van der Waals surface area contributed by atoms with Gasteiger partial charge in [0.1, 0.15) is 11.5 Å². The number of alkyl halides is 2. The Hall–Kier alpha value is -1.36. The van der Waals surface area contributed by atoms with E-state index >= 15 is 0 Å². The van der Waals surface area contributed by atoms with Crippen molar-refractivity contribution in [1.82, 2.24) is 0 Å². The van der Waals surface area contributed by atoms with Crippen molar-refractivity contribution >= 4 is 0 Å². The topological polar surface area (TPSA) is 44.5 Å². The van der Waals surface area contributed by atoms with E-state index in [4.69, 9.17) is 15.2 Å². The molecule has 0 saturated heterocycles. The smallest absolute Gasteiger partial charge is 0.252 e. The molecule has 1 aliphatic rings. The fraction of sp³-hybridized carbons (Fsp3) is 0.538. The van der Waals surface area contributed by atoms with E-state index in [0.29, 0.717) is 17.1 Å². The molecule has 0 aliphatic heterocycles. The molecule has 0 unspecified atom stereocenters. The number of hydrogen-bond donors (Lipinski definition) is 1. The summed E-state index contributed by atoms with van der Waals surface area (Å²) in [6.07, 6.45) is -0.676. The monoisotopic (exact) mass is 257 g/mol. The van der Waals surface area contributed by atoms with Gasteiger partial charge in [-0.3, -0.25) is 0 Å². The first-order chi connectivity index (χ1) is 8.31. The number of halogens is 2. The van der Waals surface area contributed by atoms with Crippen LogP contribution < -0.4 is 15.2 Å². The number of rotatable bonds is 3. The number of benzene rings is 1. The maximum absolute atomic E-state index is 13.0. The molecule has 2 N–H and O–H groups in total. The Kier molecular flexibility index (Phi) is 2.97. The second kappa shape index (κ2) is 4.09. The van der Waals surface area contributed by atoms with Gasteiger partial charge in [0, 0.05) is 18.4 Å². The van der Waals surface area contributed by atoms with Crippen LogP contribution in [0.15, 0.2) is 12.1 Å². The molecule has 1 aromatic rings. The minimum Gasteiger partial charge on any atom is -0.496 e. The molecule has 2 rings (SSSR count). The maximum Gasteiger partial charge on any atom is 0.252 e. The van der Waals surface area contributed by atoms with Gasteiger partial charge >= 0.3 is 0 Å². The summed E-state index contributed by atoms with van der Waals surface area (Å²) in [7, 11) is 3.06. The van der Waals surface area contributed by atoms with Crippen LogP contribution in [0.5, 0.6) is 11.5 Å². The van der Waals surface area contributed by atoms with Crippen LogP contribution in [0.3, 0.4) is 0 Å². The Morgan fingerprint density at radius 3 is 1.89 bits per heavy atom. The molecule has 1 saturated carbocycles. The lowest BCUT2D eigenvalue weighted by Crippen LogP contribution is -2.55. The zero-order valence-corrected chi connectivity index (χ0v) is 10.7. The van der Waals surface area contributed by atoms with E-state index < -0.39 is 11.5 Å². The molecule has 0 bridgehead atoms. The van der Waals surface area contributed by atoms with Gasteiger partial charge in [-0.15, -0.1) is 0 Å². The standard InChI is InChI=1S/C13H17F2NO2/c1-8-10(17-2)4-9(5-11(8)18-3)12(16)6-13(14,15)7-12/h4-5H,6-7,16H2,1-3H3. The molecule has 1 aromatic carbocycles. The molecule has 0 heterocycles. The number of nitrogens with two attached hydrogens (primary N) is 1. The van der Waals surface area contributed by atoms with Gasteiger partial charge in [0.2, 0.25) is 0 Å². The third-order valence-corrected chi connectivity index (χ3v) is 3.48. The predicted molar refractivity (Wildman–Crippen MR) is 64.3 cm³/mol. The number of methoxy groups -OCH3 is 2. The fourth-order valence-electron chi connectivity index (χ4n) is 2.45. The maximum atomic E-state index is 13.0. The zero-order valence-electron chi connectivity index (χ0n) is 10.7. The molecular weight excluding hydrogens is 240 g/mol. The molecular formula is C13H17F2NO2. The average Bonchev–Trinajstić information content (AvgIpc) is 2.26. The lowest BCUT2D eigenvalue weighted by atomic mass is 9.69. The lowest BCUT2D eigenvalue weighted by molar-refractivity contribution is -0.125. The van der Waals surface area contributed by atoms with Gasteiger partial charge in [0.25, 0.3) is 5.92 Å². The van der Waals surface area contributed by atoms with Crippen LogP contribution in [0.1, 0.15) is 24.0 Å². The second-order valence-electron chi connectivity index (χ2n) is 4.87. The molecule has 5 heteroatoms. The van der Waals surface area contributed by atoms with Crippen molar-refractivity contribution in [3.63, 3.8) is 0 Å². The molecule has 0 spiro atoms. The summed E-state index contributed by atoms with van der Waals surface area (Å²) < 4.78 is 36.5. The third-order valence-electron chi connectivity index (χ3n) is 3.48. The van der Waals surface area contributed by atoms with E-state index in [2.05, 4.69) is 0 Å². The van der Waals surface area contributed by atoms with Crippen molar-refractivity contribution in [1.29, 1.82) is 0 Å². The van der Waals surface area contributed by atoms with Gasteiger partial charge in [-0.1, -0.05) is 0 Å². The molecule has 1 aliphatic carbocycles. The minimum absolute atomic E-state index is 0.338. The molecule has 0 radical (unpaired) electrons. The van der Waals surface area contributed by atoms with Gasteiger partial charge in [0.15, 0.2) is 0 Å². The molecule has 0 amide bonds. The van der Waals surface area contributed by atoms with Crippen LogP contribution in [0.4, 0.5) is 8.78 Å². The van der Waals surface area contributed by atoms with E-state index in [1.807, 2.05) is 6.92 Å². The first-order valence-corrected chi connectivity index (χ1v) is 5.71. The first-order valence-electron chi connectivity index (χ1n) is 5.71. The Labute approximate surface area is 105 Å². The van der Waals surface area contributed by atoms with Gasteiger partial charge in [-0.2, -0.15) is 0 Å². The van der Waals surface area contributed by atoms with Gasteiger partial charge < -0.3 is 15.2 Å². The Bertz CT molecular complexity index is 441. The van der Waals surface area contributed by atoms with Crippen molar-refractivity contribution in [2.45, 2.75) is 31.2 Å². The Morgan fingerprint density at radius 2 is 1.56 bits per heavy atom. The average molecular weight is 257 g/mol. The summed E-state index contributed by atoms with van der Waals surface area (Å²) in [6, 6.07) is 3.43. The number of hydrogen-bond acceptors (Lipinski definition) is 3. The largest absolute Gasteiger partial charge is 0.496 e. The molecule has 100 valence electrons. The molecule has 3 nitrogen and oxygen atoms in total. The van der Waals surface area contributed by atoms with E-state index in [-0.39, 0.29) is 12.8 Å². The molecule has 1 fully saturated rings. The first kappa shape index (κ1) is 13.1. The van der Waals surface area contributed by atoms with E-state index in [9.17, 15) is 8.78 Å². The highest BCUT2D eigenvalue weighted by Crippen LogP contribution is 2.51. The molecule has 0 atom stereocenters. The van der Waals surface area contributed by atoms with Crippen molar-refractivity contribution < 1.29 is 18.3 Å². The van der Waals surface area contributed by atoms with Crippen molar-refractivity contribution in [2.24, 2.45) is 5.73 Å². The van der Waals surface area contributed by atoms with Gasteiger partial charge in [-0.25, -0.2) is 8.78 Å². The summed E-state index contributed by atoms with van der Waals surface area (Å²) in [6.45, 7) is 1.85. The van der Waals surface area contributed by atoms with Crippen LogP contribution in [-0.2, 0) is 5.54 Å². The second-order valence-corrected chi connectivity index (χ2v) is 4.87. The predicted octanol–water partition coefficient (Wildman–Crippen LogP) is 2.60. The lowest BCUT2D eigenvalue weighted by Gasteiger charge is -2.45. The SMILES string of the molecule is COc1cc(C2(N)CC(F)(F)C2)cc(OC)c1C. The van der Waals surface area contributed by atoms with Crippen molar-refractivity contribution in [3.8, 4) is 11.5 Å². The van der Waals surface area contributed by atoms with Crippen LogP contribution >= 0.6 is 0 Å². The highest BCUT2D eigenvalue weighted by atomic mass is 19.3. The minimum atomic E-state index is -2.67. The third kappa shape index (κ3) is 2.03. The van der Waals surface area contributed by atoms with Crippen LogP contribution in [-0.4, -0.2) is 20.1 Å². The van der Waals surface area contributed by atoms with E-state index in [0.717, 1.165) is 5.56 Å². The highest BCUT2D eigenvalue weighted by Gasteiger charge is 2.55. The summed E-state index contributed by atoms with van der Waals surface area (Å²) in [5.74, 6) is -1.46. The molecule has 0 aromatic heterocycles. The quantitative estimate of drug-likeness (QED) is 0.905. The summed E-state index contributed by atoms with van der Waals surface area (Å²) in [5.41, 5.74) is 6.48. The number of ether oxygens (including phenoxy) is 2. The summed E-state index contributed by atoms with van der Waals surface area (Å²) in [5, 5.41) is 0. The van der Waals surface area contributed by atoms with E-state index in [1.54, 1.807) is 12.1 Å². The Balaban J connectivity index is 2.41.